The summed E-state index contributed by atoms with van der Waals surface area (Å²) in [6.07, 6.45) is 1.58. The molecule has 0 fully saturated rings. The normalized spacial score (nSPS) is 11.2. The Morgan fingerprint density at radius 3 is 2.43 bits per heavy atom. The zero-order valence-electron chi connectivity index (χ0n) is 6.61. The van der Waals surface area contributed by atoms with E-state index in [0.29, 0.717) is 6.20 Å². The molecule has 0 unspecified atom stereocenters. The fraction of sp³-hybridized carbons (Fsp3) is 0. The van der Waals surface area contributed by atoms with Gasteiger partial charge in [0.25, 0.3) is 0 Å². The van der Waals surface area contributed by atoms with Crippen molar-refractivity contribution < 1.29 is 17.9 Å². The number of rotatable bonds is 2. The van der Waals surface area contributed by atoms with E-state index in [1.807, 2.05) is 0 Å². The zero-order chi connectivity index (χ0) is 10.9. The van der Waals surface area contributed by atoms with Crippen molar-refractivity contribution >= 4 is 21.5 Å². The summed E-state index contributed by atoms with van der Waals surface area (Å²) in [7, 11) is -4.69. The number of nitro groups is 1. The van der Waals surface area contributed by atoms with Crippen LogP contribution in [0.15, 0.2) is 17.3 Å². The molecule has 0 atom stereocenters. The Morgan fingerprint density at radius 1 is 1.50 bits per heavy atom. The third-order valence-corrected chi connectivity index (χ3v) is 2.23. The van der Waals surface area contributed by atoms with Gasteiger partial charge in [-0.1, -0.05) is 0 Å². The monoisotopic (exact) mass is 219 g/mol. The first-order chi connectivity index (χ1) is 6.34. The molecule has 0 radical (unpaired) electrons. The number of hydrogen-bond acceptors (Lipinski definition) is 6. The van der Waals surface area contributed by atoms with Gasteiger partial charge in [-0.05, 0) is 0 Å². The second kappa shape index (κ2) is 3.20. The summed E-state index contributed by atoms with van der Waals surface area (Å²) < 4.78 is 29.9. The van der Waals surface area contributed by atoms with Gasteiger partial charge in [0.2, 0.25) is 0 Å². The number of pyridine rings is 1. The summed E-state index contributed by atoms with van der Waals surface area (Å²) in [5, 5.41) is 10.4. The van der Waals surface area contributed by atoms with Crippen molar-refractivity contribution in [3.63, 3.8) is 0 Å². The third kappa shape index (κ3) is 1.78. The average molecular weight is 219 g/mol. The molecule has 8 nitrogen and oxygen atoms in total. The van der Waals surface area contributed by atoms with Crippen LogP contribution in [0.5, 0.6) is 0 Å². The summed E-state index contributed by atoms with van der Waals surface area (Å²) in [5.74, 6) is 0. The molecule has 9 heteroatoms. The summed E-state index contributed by atoms with van der Waals surface area (Å²) in [6, 6.07) is 0. The Hall–Kier alpha value is -1.74. The molecule has 0 saturated carbocycles. The molecular weight excluding hydrogens is 214 g/mol. The van der Waals surface area contributed by atoms with Gasteiger partial charge in [-0.15, -0.1) is 0 Å². The Labute approximate surface area is 78.3 Å². The zero-order valence-corrected chi connectivity index (χ0v) is 7.43. The lowest BCUT2D eigenvalue weighted by atomic mass is 10.4. The minimum Gasteiger partial charge on any atom is -0.392 e. The topological polar surface area (TPSA) is 136 Å². The molecule has 1 aromatic rings. The maximum atomic E-state index is 10.7. The van der Waals surface area contributed by atoms with Crippen molar-refractivity contribution in [1.82, 2.24) is 4.98 Å². The summed E-state index contributed by atoms with van der Waals surface area (Å²) in [4.78, 5) is 11.8. The lowest BCUT2D eigenvalue weighted by molar-refractivity contribution is -0.387. The first kappa shape index (κ1) is 10.3. The SMILES string of the molecule is Nc1cncc(S(=O)(=O)O)c1[N+](=O)[O-]. The summed E-state index contributed by atoms with van der Waals surface area (Å²) in [6.45, 7) is 0. The van der Waals surface area contributed by atoms with Gasteiger partial charge in [-0.25, -0.2) is 0 Å². The molecule has 0 bridgehead atoms. The van der Waals surface area contributed by atoms with Crippen LogP contribution in [0.2, 0.25) is 0 Å². The van der Waals surface area contributed by atoms with Gasteiger partial charge in [0.05, 0.1) is 17.3 Å². The summed E-state index contributed by atoms with van der Waals surface area (Å²) in [5.41, 5.74) is 3.84. The predicted molar refractivity (Wildman–Crippen MR) is 45.1 cm³/mol. The number of nitrogens with zero attached hydrogens (tertiary/aromatic N) is 2. The van der Waals surface area contributed by atoms with Crippen LogP contribution in [0, 0.1) is 10.1 Å². The molecule has 1 rings (SSSR count). The van der Waals surface area contributed by atoms with Crippen LogP contribution in [-0.4, -0.2) is 22.9 Å². The van der Waals surface area contributed by atoms with E-state index in [1.165, 1.54) is 0 Å². The average Bonchev–Trinajstić information content (AvgIpc) is 2.01. The molecule has 0 saturated heterocycles. The fourth-order valence-corrected chi connectivity index (χ4v) is 1.46. The molecule has 0 aliphatic heterocycles. The van der Waals surface area contributed by atoms with Gasteiger partial charge in [0.15, 0.2) is 4.90 Å². The van der Waals surface area contributed by atoms with E-state index in [-0.39, 0.29) is 0 Å². The molecule has 14 heavy (non-hydrogen) atoms. The molecular formula is C5H5N3O5S. The minimum atomic E-state index is -4.69. The van der Waals surface area contributed by atoms with Gasteiger partial charge >= 0.3 is 15.8 Å². The second-order valence-corrected chi connectivity index (χ2v) is 3.70. The van der Waals surface area contributed by atoms with E-state index in [4.69, 9.17) is 10.3 Å². The Kier molecular flexibility index (Phi) is 2.36. The van der Waals surface area contributed by atoms with Gasteiger partial charge in [0.1, 0.15) is 5.69 Å². The fourth-order valence-electron chi connectivity index (χ4n) is 0.834. The molecule has 76 valence electrons. The lowest BCUT2D eigenvalue weighted by Gasteiger charge is -2.00. The van der Waals surface area contributed by atoms with Crippen LogP contribution in [0.25, 0.3) is 0 Å². The molecule has 0 amide bonds. The van der Waals surface area contributed by atoms with Gasteiger partial charge in [-0.2, -0.15) is 8.42 Å². The van der Waals surface area contributed by atoms with Crippen LogP contribution >= 0.6 is 0 Å². The van der Waals surface area contributed by atoms with Crippen molar-refractivity contribution in [2.45, 2.75) is 4.90 Å². The third-order valence-electron chi connectivity index (χ3n) is 1.37. The molecule has 1 aromatic heterocycles. The molecule has 3 N–H and O–H groups in total. The van der Waals surface area contributed by atoms with Crippen molar-refractivity contribution in [2.24, 2.45) is 0 Å². The van der Waals surface area contributed by atoms with Gasteiger partial charge in [-0.3, -0.25) is 19.7 Å². The largest absolute Gasteiger partial charge is 0.392 e. The highest BCUT2D eigenvalue weighted by atomic mass is 32.2. The number of nitrogen functional groups attached to an aromatic ring is 1. The van der Waals surface area contributed by atoms with Crippen molar-refractivity contribution in [3.05, 3.63) is 22.5 Å². The number of hydrogen-bond donors (Lipinski definition) is 2. The van der Waals surface area contributed by atoms with Gasteiger partial charge < -0.3 is 5.73 Å². The standard InChI is InChI=1S/C5H5N3O5S/c6-3-1-7-2-4(14(11,12)13)5(3)8(9)10/h1-2H,6H2,(H,11,12,13). The maximum absolute atomic E-state index is 10.7. The first-order valence-electron chi connectivity index (χ1n) is 3.19. The molecule has 0 aromatic carbocycles. The van der Waals surface area contributed by atoms with E-state index in [9.17, 15) is 18.5 Å². The Morgan fingerprint density at radius 2 is 2.07 bits per heavy atom. The lowest BCUT2D eigenvalue weighted by Crippen LogP contribution is -2.06. The Balaban J connectivity index is 3.61. The number of aromatic nitrogens is 1. The van der Waals surface area contributed by atoms with Crippen LogP contribution in [0.3, 0.4) is 0 Å². The molecule has 0 aliphatic carbocycles. The number of nitrogens with two attached hydrogens (primary N) is 1. The first-order valence-corrected chi connectivity index (χ1v) is 4.63. The smallest absolute Gasteiger partial charge is 0.316 e. The number of anilines is 1. The van der Waals surface area contributed by atoms with Crippen molar-refractivity contribution in [2.75, 3.05) is 5.73 Å². The Bertz CT molecular complexity index is 482. The van der Waals surface area contributed by atoms with Crippen LogP contribution in [0.4, 0.5) is 11.4 Å². The summed E-state index contributed by atoms with van der Waals surface area (Å²) >= 11 is 0. The van der Waals surface area contributed by atoms with Crippen LogP contribution in [-0.2, 0) is 10.1 Å². The van der Waals surface area contributed by atoms with E-state index >= 15 is 0 Å². The van der Waals surface area contributed by atoms with Crippen molar-refractivity contribution in [3.8, 4) is 0 Å². The minimum absolute atomic E-state index is 0.426. The quantitative estimate of drug-likeness (QED) is 0.399. The highest BCUT2D eigenvalue weighted by molar-refractivity contribution is 7.86. The van der Waals surface area contributed by atoms with Crippen molar-refractivity contribution in [1.29, 1.82) is 0 Å². The van der Waals surface area contributed by atoms with E-state index in [2.05, 4.69) is 4.98 Å². The van der Waals surface area contributed by atoms with Crippen LogP contribution in [0.1, 0.15) is 0 Å². The molecule has 0 aliphatic rings. The highest BCUT2D eigenvalue weighted by Gasteiger charge is 2.27. The predicted octanol–water partition coefficient (Wildman–Crippen LogP) is -0.181. The van der Waals surface area contributed by atoms with Crippen LogP contribution < -0.4 is 5.73 Å². The second-order valence-electron chi connectivity index (χ2n) is 2.31. The van der Waals surface area contributed by atoms with E-state index in [1.54, 1.807) is 0 Å². The molecule has 0 spiro atoms. The molecule has 1 heterocycles. The van der Waals surface area contributed by atoms with E-state index < -0.39 is 31.3 Å². The van der Waals surface area contributed by atoms with Gasteiger partial charge in [0, 0.05) is 0 Å². The van der Waals surface area contributed by atoms with E-state index in [0.717, 1.165) is 6.20 Å². The maximum Gasteiger partial charge on any atom is 0.316 e. The highest BCUT2D eigenvalue weighted by Crippen LogP contribution is 2.27.